The van der Waals surface area contributed by atoms with Crippen LogP contribution >= 0.6 is 0 Å². The van der Waals surface area contributed by atoms with Crippen molar-refractivity contribution in [2.75, 3.05) is 20.8 Å². The second kappa shape index (κ2) is 6.55. The zero-order valence-electron chi connectivity index (χ0n) is 14.3. The maximum atomic E-state index is 12.9. The van der Waals surface area contributed by atoms with Gasteiger partial charge in [0.05, 0.1) is 26.7 Å². The Bertz CT molecular complexity index is 810. The van der Waals surface area contributed by atoms with E-state index in [1.807, 2.05) is 24.3 Å². The Labute approximate surface area is 145 Å². The molecule has 6 heteroatoms. The summed E-state index contributed by atoms with van der Waals surface area (Å²) in [6.07, 6.45) is 0.476. The molecule has 3 rings (SSSR count). The van der Waals surface area contributed by atoms with E-state index >= 15 is 0 Å². The molecule has 0 bridgehead atoms. The van der Waals surface area contributed by atoms with Crippen LogP contribution in [-0.2, 0) is 6.42 Å². The highest BCUT2D eigenvalue weighted by atomic mass is 16.5. The van der Waals surface area contributed by atoms with Gasteiger partial charge < -0.3 is 24.4 Å². The van der Waals surface area contributed by atoms with Crippen molar-refractivity contribution < 1.29 is 29.2 Å². The first kappa shape index (κ1) is 17.0. The summed E-state index contributed by atoms with van der Waals surface area (Å²) in [6.45, 7) is 1.80. The zero-order chi connectivity index (χ0) is 18.1. The van der Waals surface area contributed by atoms with Crippen molar-refractivity contribution in [2.45, 2.75) is 13.3 Å². The monoisotopic (exact) mass is 344 g/mol. The van der Waals surface area contributed by atoms with Crippen molar-refractivity contribution in [3.05, 3.63) is 41.0 Å². The summed E-state index contributed by atoms with van der Waals surface area (Å²) in [6, 6.07) is 7.45. The first-order valence-corrected chi connectivity index (χ1v) is 7.90. The molecular formula is C19H20O6. The van der Waals surface area contributed by atoms with Gasteiger partial charge in [0.2, 0.25) is 5.75 Å². The summed E-state index contributed by atoms with van der Waals surface area (Å²) >= 11 is 0. The van der Waals surface area contributed by atoms with Gasteiger partial charge in [0.25, 0.3) is 0 Å². The lowest BCUT2D eigenvalue weighted by atomic mass is 9.87. The Balaban J connectivity index is 1.94. The molecule has 2 N–H and O–H groups in total. The van der Waals surface area contributed by atoms with Gasteiger partial charge in [-0.25, -0.2) is 0 Å². The molecule has 1 atom stereocenters. The molecule has 1 heterocycles. The summed E-state index contributed by atoms with van der Waals surface area (Å²) in [7, 11) is 2.92. The zero-order valence-corrected chi connectivity index (χ0v) is 14.3. The Morgan fingerprint density at radius 1 is 1.12 bits per heavy atom. The Hall–Kier alpha value is -2.89. The molecule has 2 aromatic carbocycles. The third kappa shape index (κ3) is 2.84. The van der Waals surface area contributed by atoms with Crippen LogP contribution in [0, 0.1) is 12.8 Å². The Kier molecular flexibility index (Phi) is 4.44. The van der Waals surface area contributed by atoms with Crippen LogP contribution in [0.4, 0.5) is 0 Å². The number of hydrogen-bond acceptors (Lipinski definition) is 6. The number of benzene rings is 2. The topological polar surface area (TPSA) is 85.2 Å². The molecule has 0 amide bonds. The molecule has 0 aromatic heterocycles. The van der Waals surface area contributed by atoms with Crippen LogP contribution in [0.1, 0.15) is 21.5 Å². The number of Topliss-reactive ketones (excluding diaryl/α,β-unsaturated/α-hetero) is 1. The summed E-state index contributed by atoms with van der Waals surface area (Å²) in [4.78, 5) is 12.9. The number of hydrogen-bond donors (Lipinski definition) is 2. The van der Waals surface area contributed by atoms with Gasteiger partial charge in [0.1, 0.15) is 17.1 Å². The maximum Gasteiger partial charge on any atom is 0.204 e. The largest absolute Gasteiger partial charge is 0.504 e. The lowest BCUT2D eigenvalue weighted by molar-refractivity contribution is 0.0823. The molecule has 0 saturated carbocycles. The average Bonchev–Trinajstić information content (AvgIpc) is 2.62. The van der Waals surface area contributed by atoms with E-state index in [1.165, 1.54) is 7.11 Å². The van der Waals surface area contributed by atoms with Gasteiger partial charge in [0, 0.05) is 5.56 Å². The average molecular weight is 344 g/mol. The molecule has 0 aliphatic carbocycles. The van der Waals surface area contributed by atoms with Gasteiger partial charge >= 0.3 is 0 Å². The molecule has 0 spiro atoms. The van der Waals surface area contributed by atoms with E-state index in [0.717, 1.165) is 11.3 Å². The lowest BCUT2D eigenvalue weighted by Crippen LogP contribution is -2.30. The second-order valence-electron chi connectivity index (χ2n) is 5.98. The van der Waals surface area contributed by atoms with E-state index in [0.29, 0.717) is 12.0 Å². The molecule has 25 heavy (non-hydrogen) atoms. The molecule has 1 aliphatic heterocycles. The molecule has 6 nitrogen and oxygen atoms in total. The standard InChI is InChI=1S/C19H20O6/c1-10-15(20)19(24-3)17(22)14-16(21)12(9-25-18(10)14)8-11-4-6-13(23-2)7-5-11/h4-7,12,20,22H,8-9H2,1-3H3/t12-/m0/s1. The van der Waals surface area contributed by atoms with E-state index < -0.39 is 5.92 Å². The summed E-state index contributed by atoms with van der Waals surface area (Å²) < 4.78 is 15.9. The van der Waals surface area contributed by atoms with Crippen LogP contribution in [0.3, 0.4) is 0 Å². The fraction of sp³-hybridized carbons (Fsp3) is 0.316. The molecule has 0 saturated heterocycles. The number of ether oxygens (including phenoxy) is 3. The Morgan fingerprint density at radius 3 is 2.40 bits per heavy atom. The van der Waals surface area contributed by atoms with Gasteiger partial charge in [-0.3, -0.25) is 4.79 Å². The number of phenolic OH excluding ortho intramolecular Hbond substituents is 2. The molecular weight excluding hydrogens is 324 g/mol. The number of methoxy groups -OCH3 is 2. The maximum absolute atomic E-state index is 12.9. The van der Waals surface area contributed by atoms with Crippen molar-refractivity contribution in [3.63, 3.8) is 0 Å². The smallest absolute Gasteiger partial charge is 0.204 e. The number of phenols is 2. The number of ketones is 1. The second-order valence-corrected chi connectivity index (χ2v) is 5.98. The van der Waals surface area contributed by atoms with Gasteiger partial charge in [0.15, 0.2) is 17.3 Å². The highest BCUT2D eigenvalue weighted by Crippen LogP contribution is 2.49. The number of fused-ring (bicyclic) bond motifs is 1. The van der Waals surface area contributed by atoms with Gasteiger partial charge in [-0.1, -0.05) is 12.1 Å². The van der Waals surface area contributed by atoms with Crippen LogP contribution in [0.25, 0.3) is 0 Å². The van der Waals surface area contributed by atoms with E-state index in [1.54, 1.807) is 14.0 Å². The highest BCUT2D eigenvalue weighted by molar-refractivity contribution is 6.05. The quantitative estimate of drug-likeness (QED) is 0.887. The molecule has 2 aromatic rings. The van der Waals surface area contributed by atoms with Crippen LogP contribution in [-0.4, -0.2) is 36.8 Å². The fourth-order valence-electron chi connectivity index (χ4n) is 3.06. The predicted molar refractivity (Wildman–Crippen MR) is 91.1 cm³/mol. The molecule has 1 aliphatic rings. The SMILES string of the molecule is COc1ccc(C[C@H]2COc3c(C)c(O)c(OC)c(O)c3C2=O)cc1. The summed E-state index contributed by atoms with van der Waals surface area (Å²) in [5, 5.41) is 20.4. The van der Waals surface area contributed by atoms with E-state index in [-0.39, 0.29) is 41.0 Å². The fourth-order valence-corrected chi connectivity index (χ4v) is 3.06. The van der Waals surface area contributed by atoms with Gasteiger partial charge in [-0.05, 0) is 31.0 Å². The predicted octanol–water partition coefficient (Wildman–Crippen LogP) is 2.86. The molecule has 132 valence electrons. The Morgan fingerprint density at radius 2 is 1.80 bits per heavy atom. The third-order valence-electron chi connectivity index (χ3n) is 4.48. The molecule has 0 radical (unpaired) electrons. The van der Waals surface area contributed by atoms with Crippen molar-refractivity contribution in [3.8, 4) is 28.7 Å². The van der Waals surface area contributed by atoms with Crippen LogP contribution in [0.2, 0.25) is 0 Å². The van der Waals surface area contributed by atoms with E-state index in [4.69, 9.17) is 14.2 Å². The van der Waals surface area contributed by atoms with Crippen LogP contribution in [0.15, 0.2) is 24.3 Å². The first-order chi connectivity index (χ1) is 12.0. The number of carbonyl (C=O) groups excluding carboxylic acids is 1. The number of rotatable bonds is 4. The number of aromatic hydroxyl groups is 2. The molecule has 0 fully saturated rings. The number of carbonyl (C=O) groups is 1. The minimum atomic E-state index is -0.430. The lowest BCUT2D eigenvalue weighted by Gasteiger charge is -2.27. The normalized spacial score (nSPS) is 16.1. The van der Waals surface area contributed by atoms with E-state index in [9.17, 15) is 15.0 Å². The minimum absolute atomic E-state index is 0.0666. The van der Waals surface area contributed by atoms with Crippen LogP contribution < -0.4 is 14.2 Å². The van der Waals surface area contributed by atoms with Crippen molar-refractivity contribution in [1.82, 2.24) is 0 Å². The summed E-state index contributed by atoms with van der Waals surface area (Å²) in [5.41, 5.74) is 1.41. The third-order valence-corrected chi connectivity index (χ3v) is 4.48. The van der Waals surface area contributed by atoms with Crippen LogP contribution in [0.5, 0.6) is 28.7 Å². The van der Waals surface area contributed by atoms with Crippen molar-refractivity contribution in [2.24, 2.45) is 5.92 Å². The van der Waals surface area contributed by atoms with Gasteiger partial charge in [-0.2, -0.15) is 0 Å². The minimum Gasteiger partial charge on any atom is -0.504 e. The highest BCUT2D eigenvalue weighted by Gasteiger charge is 2.36. The van der Waals surface area contributed by atoms with Crippen molar-refractivity contribution >= 4 is 5.78 Å². The molecule has 0 unspecified atom stereocenters. The van der Waals surface area contributed by atoms with Gasteiger partial charge in [-0.15, -0.1) is 0 Å². The first-order valence-electron chi connectivity index (χ1n) is 7.90. The van der Waals surface area contributed by atoms with Crippen molar-refractivity contribution in [1.29, 1.82) is 0 Å². The summed E-state index contributed by atoms with van der Waals surface area (Å²) in [5.74, 6) is -0.416. The van der Waals surface area contributed by atoms with E-state index in [2.05, 4.69) is 0 Å².